The minimum absolute atomic E-state index is 0.228. The summed E-state index contributed by atoms with van der Waals surface area (Å²) in [5.41, 5.74) is 2.02. The van der Waals surface area contributed by atoms with Crippen molar-refractivity contribution < 1.29 is 9.53 Å². The lowest BCUT2D eigenvalue weighted by molar-refractivity contribution is 0.131. The first-order chi connectivity index (χ1) is 12.8. The molecule has 1 saturated heterocycles. The van der Waals surface area contributed by atoms with Crippen LogP contribution < -0.4 is 0 Å². The topological polar surface area (TPSA) is 29.5 Å². The number of rotatable bonds is 6. The number of amides is 1. The van der Waals surface area contributed by atoms with Gasteiger partial charge in [-0.3, -0.25) is 0 Å². The largest absolute Gasteiger partial charge is 0.438 e. The summed E-state index contributed by atoms with van der Waals surface area (Å²) in [6.07, 6.45) is 4.79. The van der Waals surface area contributed by atoms with E-state index in [-0.39, 0.29) is 18.2 Å². The van der Waals surface area contributed by atoms with E-state index in [2.05, 4.69) is 18.9 Å². The molecule has 0 aliphatic carbocycles. The van der Waals surface area contributed by atoms with E-state index in [1.165, 1.54) is 19.3 Å². The quantitative estimate of drug-likeness (QED) is 0.484. The number of unbranched alkanes of at least 4 members (excludes halogenated alkanes) is 4. The number of ether oxygens (including phenoxy) is 1. The zero-order valence-electron chi connectivity index (χ0n) is 15.2. The molecule has 0 bridgehead atoms. The number of cyclic esters (lactones) is 1. The average Bonchev–Trinajstić information content (AvgIpc) is 3.02. The Labute approximate surface area is 156 Å². The standard InChI is InChI=1S/C23H25NO2/c1-2-3-4-5-6-13-18-24-21(19-14-9-7-10-15-19)22(26-23(24)25)20-16-11-8-12-17-20/h7-12,14-17,21-22H,2-6H2,1H3/t21-,22+/m1/s1. The van der Waals surface area contributed by atoms with Crippen molar-refractivity contribution in [2.75, 3.05) is 0 Å². The average molecular weight is 347 g/mol. The van der Waals surface area contributed by atoms with Gasteiger partial charge >= 0.3 is 6.09 Å². The van der Waals surface area contributed by atoms with Crippen LogP contribution in [0.15, 0.2) is 60.7 Å². The van der Waals surface area contributed by atoms with Crippen LogP contribution in [-0.4, -0.2) is 11.0 Å². The molecule has 3 nitrogen and oxygen atoms in total. The molecule has 0 unspecified atom stereocenters. The van der Waals surface area contributed by atoms with Gasteiger partial charge in [0.2, 0.25) is 0 Å². The van der Waals surface area contributed by atoms with Crippen molar-refractivity contribution in [1.29, 1.82) is 0 Å². The van der Waals surface area contributed by atoms with Crippen molar-refractivity contribution in [3.63, 3.8) is 0 Å². The predicted molar refractivity (Wildman–Crippen MR) is 103 cm³/mol. The van der Waals surface area contributed by atoms with Crippen LogP contribution in [-0.2, 0) is 4.74 Å². The zero-order chi connectivity index (χ0) is 18.2. The Morgan fingerprint density at radius 1 is 0.923 bits per heavy atom. The molecule has 26 heavy (non-hydrogen) atoms. The molecule has 1 aliphatic heterocycles. The first-order valence-electron chi connectivity index (χ1n) is 9.39. The number of carbonyl (C=O) groups is 1. The van der Waals surface area contributed by atoms with E-state index in [4.69, 9.17) is 4.74 Å². The maximum Gasteiger partial charge on any atom is 0.422 e. The van der Waals surface area contributed by atoms with Gasteiger partial charge in [0.25, 0.3) is 0 Å². The first kappa shape index (κ1) is 18.1. The third kappa shape index (κ3) is 4.26. The van der Waals surface area contributed by atoms with Gasteiger partial charge in [0.05, 0.1) is 0 Å². The fourth-order valence-electron chi connectivity index (χ4n) is 3.24. The second-order valence-electron chi connectivity index (χ2n) is 6.54. The van der Waals surface area contributed by atoms with Gasteiger partial charge in [0.1, 0.15) is 6.04 Å². The molecule has 0 N–H and O–H groups in total. The Hall–Kier alpha value is -2.73. The number of hydrogen-bond donors (Lipinski definition) is 0. The second kappa shape index (κ2) is 9.10. The maximum absolute atomic E-state index is 12.5. The van der Waals surface area contributed by atoms with Crippen LogP contribution >= 0.6 is 0 Å². The summed E-state index contributed by atoms with van der Waals surface area (Å²) in [5, 5.41) is 0. The monoisotopic (exact) mass is 347 g/mol. The lowest BCUT2D eigenvalue weighted by atomic mass is 9.96. The number of nitrogens with zero attached hydrogens (tertiary/aromatic N) is 1. The molecule has 2 atom stereocenters. The summed E-state index contributed by atoms with van der Waals surface area (Å²) in [6.45, 7) is 2.19. The Morgan fingerprint density at radius 2 is 1.58 bits per heavy atom. The molecule has 3 rings (SSSR count). The maximum atomic E-state index is 12.5. The van der Waals surface area contributed by atoms with Crippen molar-refractivity contribution >= 4 is 6.09 Å². The summed E-state index contributed by atoms with van der Waals surface area (Å²) < 4.78 is 5.71. The Morgan fingerprint density at radius 3 is 2.23 bits per heavy atom. The van der Waals surface area contributed by atoms with E-state index in [1.54, 1.807) is 4.90 Å². The summed E-state index contributed by atoms with van der Waals surface area (Å²) in [7, 11) is 0. The second-order valence-corrected chi connectivity index (χ2v) is 6.54. The van der Waals surface area contributed by atoms with Crippen LogP contribution in [0.2, 0.25) is 0 Å². The Balaban J connectivity index is 1.83. The predicted octanol–water partition coefficient (Wildman–Crippen LogP) is 5.85. The highest BCUT2D eigenvalue weighted by atomic mass is 16.6. The van der Waals surface area contributed by atoms with Crippen molar-refractivity contribution in [2.24, 2.45) is 0 Å². The molecule has 1 fully saturated rings. The fourth-order valence-corrected chi connectivity index (χ4v) is 3.24. The molecule has 0 aromatic heterocycles. The van der Waals surface area contributed by atoms with Crippen molar-refractivity contribution in [2.45, 2.75) is 51.2 Å². The van der Waals surface area contributed by atoms with Crippen LogP contribution in [0.4, 0.5) is 4.79 Å². The highest BCUT2D eigenvalue weighted by Gasteiger charge is 2.43. The highest BCUT2D eigenvalue weighted by Crippen LogP contribution is 2.42. The third-order valence-corrected chi connectivity index (χ3v) is 4.61. The molecular weight excluding hydrogens is 322 g/mol. The molecule has 2 aromatic carbocycles. The SMILES string of the molecule is CCCCCCC#CN1C(=O)O[C@@H](c2ccccc2)[C@H]1c1ccccc1. The first-order valence-corrected chi connectivity index (χ1v) is 9.39. The van der Waals surface area contributed by atoms with E-state index >= 15 is 0 Å². The van der Waals surface area contributed by atoms with Gasteiger partial charge in [-0.25, -0.2) is 9.69 Å². The normalized spacial score (nSPS) is 19.0. The van der Waals surface area contributed by atoms with Crippen molar-refractivity contribution in [3.05, 3.63) is 71.8 Å². The smallest absolute Gasteiger partial charge is 0.422 e. The number of carbonyl (C=O) groups excluding carboxylic acids is 1. The molecule has 134 valence electrons. The van der Waals surface area contributed by atoms with Crippen LogP contribution in [0.25, 0.3) is 0 Å². The van der Waals surface area contributed by atoms with Gasteiger partial charge in [0.15, 0.2) is 6.10 Å². The lowest BCUT2D eigenvalue weighted by Crippen LogP contribution is -2.23. The summed E-state index contributed by atoms with van der Waals surface area (Å²) >= 11 is 0. The highest BCUT2D eigenvalue weighted by molar-refractivity contribution is 5.74. The molecule has 0 spiro atoms. The minimum atomic E-state index is -0.367. The lowest BCUT2D eigenvalue weighted by Gasteiger charge is -2.21. The van der Waals surface area contributed by atoms with E-state index < -0.39 is 0 Å². The van der Waals surface area contributed by atoms with Crippen molar-refractivity contribution in [3.8, 4) is 12.0 Å². The van der Waals surface area contributed by atoms with Gasteiger partial charge < -0.3 is 4.74 Å². The molecular formula is C23H25NO2. The van der Waals surface area contributed by atoms with Gasteiger partial charge in [-0.15, -0.1) is 0 Å². The van der Waals surface area contributed by atoms with E-state index in [0.717, 1.165) is 24.0 Å². The molecule has 3 heteroatoms. The zero-order valence-corrected chi connectivity index (χ0v) is 15.2. The van der Waals surface area contributed by atoms with E-state index in [1.807, 2.05) is 60.7 Å². The van der Waals surface area contributed by atoms with Gasteiger partial charge in [-0.2, -0.15) is 0 Å². The summed E-state index contributed by atoms with van der Waals surface area (Å²) in [6, 6.07) is 22.7. The van der Waals surface area contributed by atoms with Crippen LogP contribution in [0.5, 0.6) is 0 Å². The van der Waals surface area contributed by atoms with Crippen LogP contribution in [0, 0.1) is 12.0 Å². The third-order valence-electron chi connectivity index (χ3n) is 4.61. The molecule has 2 aromatic rings. The van der Waals surface area contributed by atoms with Gasteiger partial charge in [0, 0.05) is 12.5 Å². The molecule has 0 saturated carbocycles. The van der Waals surface area contributed by atoms with E-state index in [9.17, 15) is 4.79 Å². The van der Waals surface area contributed by atoms with Gasteiger partial charge in [-0.1, -0.05) is 92.8 Å². The van der Waals surface area contributed by atoms with Gasteiger partial charge in [-0.05, 0) is 17.5 Å². The molecule has 0 radical (unpaired) electrons. The van der Waals surface area contributed by atoms with Crippen molar-refractivity contribution in [1.82, 2.24) is 4.90 Å². The number of hydrogen-bond acceptors (Lipinski definition) is 2. The Bertz CT molecular complexity index is 761. The minimum Gasteiger partial charge on any atom is -0.438 e. The van der Waals surface area contributed by atoms with Crippen LogP contribution in [0.1, 0.15) is 62.3 Å². The number of benzene rings is 2. The molecule has 1 amide bonds. The summed E-state index contributed by atoms with van der Waals surface area (Å²) in [4.78, 5) is 14.1. The van der Waals surface area contributed by atoms with E-state index in [0.29, 0.717) is 0 Å². The molecule has 1 heterocycles. The fraction of sp³-hybridized carbons (Fsp3) is 0.348. The van der Waals surface area contributed by atoms with Crippen LogP contribution in [0.3, 0.4) is 0 Å². The Kier molecular flexibility index (Phi) is 6.33. The molecule has 1 aliphatic rings. The summed E-state index contributed by atoms with van der Waals surface area (Å²) in [5.74, 6) is 3.16.